The van der Waals surface area contributed by atoms with E-state index in [1.807, 2.05) is 29.6 Å². The molecular formula is C10H10ClN3S. The van der Waals surface area contributed by atoms with Crippen LogP contribution in [0.15, 0.2) is 35.2 Å². The first kappa shape index (κ1) is 10.6. The van der Waals surface area contributed by atoms with Gasteiger partial charge < -0.3 is 0 Å². The minimum absolute atomic E-state index is 0.102. The fourth-order valence-electron chi connectivity index (χ4n) is 1.40. The van der Waals surface area contributed by atoms with Gasteiger partial charge in [-0.3, -0.25) is 5.84 Å². The molecule has 2 rings (SSSR count). The zero-order valence-electron chi connectivity index (χ0n) is 7.85. The second-order valence-corrected chi connectivity index (χ2v) is 4.22. The van der Waals surface area contributed by atoms with Gasteiger partial charge in [-0.25, -0.2) is 10.4 Å². The van der Waals surface area contributed by atoms with E-state index in [4.69, 9.17) is 17.4 Å². The Morgan fingerprint density at radius 1 is 1.47 bits per heavy atom. The molecule has 0 amide bonds. The van der Waals surface area contributed by atoms with Gasteiger partial charge in [0.25, 0.3) is 0 Å². The number of hydrazine groups is 1. The summed E-state index contributed by atoms with van der Waals surface area (Å²) in [5.74, 6) is 5.52. The summed E-state index contributed by atoms with van der Waals surface area (Å²) < 4.78 is 0. The van der Waals surface area contributed by atoms with Crippen LogP contribution in [-0.4, -0.2) is 4.98 Å². The zero-order chi connectivity index (χ0) is 10.7. The minimum atomic E-state index is -0.102. The largest absolute Gasteiger partial charge is 0.271 e. The lowest BCUT2D eigenvalue weighted by molar-refractivity contribution is 0.624. The fraction of sp³-hybridized carbons (Fsp3) is 0.100. The third-order valence-electron chi connectivity index (χ3n) is 2.10. The van der Waals surface area contributed by atoms with Gasteiger partial charge in [0.2, 0.25) is 0 Å². The second-order valence-electron chi connectivity index (χ2n) is 3.07. The number of rotatable bonds is 3. The number of hydrogen-bond acceptors (Lipinski definition) is 4. The maximum absolute atomic E-state index is 5.92. The molecule has 3 nitrogen and oxygen atoms in total. The van der Waals surface area contributed by atoms with E-state index in [0.717, 1.165) is 11.3 Å². The van der Waals surface area contributed by atoms with Crippen LogP contribution in [0.4, 0.5) is 0 Å². The lowest BCUT2D eigenvalue weighted by Gasteiger charge is -2.13. The predicted octanol–water partition coefficient (Wildman–Crippen LogP) is 2.35. The van der Waals surface area contributed by atoms with Gasteiger partial charge in [0, 0.05) is 10.4 Å². The van der Waals surface area contributed by atoms with Crippen molar-refractivity contribution in [3.63, 3.8) is 0 Å². The molecule has 0 saturated heterocycles. The van der Waals surface area contributed by atoms with Crippen LogP contribution in [0, 0.1) is 0 Å². The Balaban J connectivity index is 2.35. The lowest BCUT2D eigenvalue weighted by atomic mass is 10.1. The number of nitrogens with zero attached hydrogens (tertiary/aromatic N) is 1. The Labute approximate surface area is 96.9 Å². The molecule has 0 bridgehead atoms. The van der Waals surface area contributed by atoms with Gasteiger partial charge in [-0.2, -0.15) is 0 Å². The normalized spacial score (nSPS) is 12.7. The number of nitrogens with two attached hydrogens (primary N) is 1. The van der Waals surface area contributed by atoms with Gasteiger partial charge in [0.15, 0.2) is 0 Å². The van der Waals surface area contributed by atoms with Crippen molar-refractivity contribution in [2.45, 2.75) is 6.04 Å². The molecule has 0 fully saturated rings. The van der Waals surface area contributed by atoms with Crippen molar-refractivity contribution in [3.8, 4) is 0 Å². The molecular weight excluding hydrogens is 230 g/mol. The molecule has 0 saturated carbocycles. The third-order valence-corrected chi connectivity index (χ3v) is 2.94. The van der Waals surface area contributed by atoms with E-state index < -0.39 is 0 Å². The van der Waals surface area contributed by atoms with Crippen molar-refractivity contribution >= 4 is 22.9 Å². The summed E-state index contributed by atoms with van der Waals surface area (Å²) in [4.78, 5) is 4.23. The molecule has 0 aliphatic heterocycles. The van der Waals surface area contributed by atoms with Crippen LogP contribution in [0.1, 0.15) is 17.3 Å². The molecule has 1 aromatic carbocycles. The molecule has 1 aromatic heterocycles. The van der Waals surface area contributed by atoms with Crippen molar-refractivity contribution < 1.29 is 0 Å². The molecule has 1 heterocycles. The molecule has 78 valence electrons. The van der Waals surface area contributed by atoms with Crippen LogP contribution in [0.2, 0.25) is 5.02 Å². The summed E-state index contributed by atoms with van der Waals surface area (Å²) in [5, 5.41) is 2.66. The smallest absolute Gasteiger partial charge is 0.0890 e. The quantitative estimate of drug-likeness (QED) is 0.639. The van der Waals surface area contributed by atoms with Gasteiger partial charge in [-0.1, -0.05) is 23.7 Å². The average molecular weight is 240 g/mol. The zero-order valence-corrected chi connectivity index (χ0v) is 9.42. The number of halogens is 1. The number of nitrogens with one attached hydrogen (secondary N) is 1. The number of hydrogen-bond donors (Lipinski definition) is 2. The van der Waals surface area contributed by atoms with E-state index in [-0.39, 0.29) is 6.04 Å². The molecule has 15 heavy (non-hydrogen) atoms. The molecule has 3 N–H and O–H groups in total. The average Bonchev–Trinajstić information content (AvgIpc) is 2.72. The van der Waals surface area contributed by atoms with Crippen LogP contribution in [0.5, 0.6) is 0 Å². The summed E-state index contributed by atoms with van der Waals surface area (Å²) in [6.07, 6.45) is 0. The van der Waals surface area contributed by atoms with E-state index in [1.165, 1.54) is 0 Å². The van der Waals surface area contributed by atoms with Gasteiger partial charge in [-0.15, -0.1) is 11.3 Å². The molecule has 0 aliphatic carbocycles. The molecule has 5 heteroatoms. The first-order valence-corrected chi connectivity index (χ1v) is 5.73. The van der Waals surface area contributed by atoms with E-state index in [2.05, 4.69) is 10.4 Å². The maximum atomic E-state index is 5.92. The molecule has 2 aromatic rings. The number of aromatic nitrogens is 1. The number of benzene rings is 1. The third kappa shape index (κ3) is 2.35. The lowest BCUT2D eigenvalue weighted by Crippen LogP contribution is -2.29. The Bertz CT molecular complexity index is 430. The van der Waals surface area contributed by atoms with Gasteiger partial charge in [-0.05, 0) is 17.7 Å². The van der Waals surface area contributed by atoms with E-state index >= 15 is 0 Å². The second kappa shape index (κ2) is 4.72. The monoisotopic (exact) mass is 239 g/mol. The summed E-state index contributed by atoms with van der Waals surface area (Å²) >= 11 is 7.46. The van der Waals surface area contributed by atoms with E-state index in [0.29, 0.717) is 5.02 Å². The fourth-order valence-corrected chi connectivity index (χ4v) is 2.18. The molecule has 0 radical (unpaired) electrons. The first-order chi connectivity index (χ1) is 7.31. The van der Waals surface area contributed by atoms with Gasteiger partial charge >= 0.3 is 0 Å². The van der Waals surface area contributed by atoms with Gasteiger partial charge in [0.1, 0.15) is 0 Å². The summed E-state index contributed by atoms with van der Waals surface area (Å²) in [5.41, 5.74) is 6.43. The van der Waals surface area contributed by atoms with Crippen LogP contribution in [0.25, 0.3) is 0 Å². The Morgan fingerprint density at radius 2 is 2.33 bits per heavy atom. The van der Waals surface area contributed by atoms with Crippen molar-refractivity contribution in [2.75, 3.05) is 0 Å². The highest BCUT2D eigenvalue weighted by Crippen LogP contribution is 2.23. The summed E-state index contributed by atoms with van der Waals surface area (Å²) in [6.45, 7) is 0. The molecule has 0 aliphatic rings. The van der Waals surface area contributed by atoms with Crippen LogP contribution < -0.4 is 11.3 Å². The minimum Gasteiger partial charge on any atom is -0.271 e. The van der Waals surface area contributed by atoms with Crippen LogP contribution >= 0.6 is 22.9 Å². The van der Waals surface area contributed by atoms with Crippen LogP contribution in [0.3, 0.4) is 0 Å². The number of thiazole rings is 1. The van der Waals surface area contributed by atoms with Crippen LogP contribution in [-0.2, 0) is 0 Å². The Hall–Kier alpha value is -0.940. The summed E-state index contributed by atoms with van der Waals surface area (Å²) in [6, 6.07) is 7.48. The summed E-state index contributed by atoms with van der Waals surface area (Å²) in [7, 11) is 0. The SMILES string of the molecule is NNC(c1cccc(Cl)c1)c1cscn1. The van der Waals surface area contributed by atoms with Crippen molar-refractivity contribution in [1.29, 1.82) is 0 Å². The Morgan fingerprint density at radius 3 is 2.93 bits per heavy atom. The standard InChI is InChI=1S/C10H10ClN3S/c11-8-3-1-2-7(4-8)10(14-12)9-5-15-6-13-9/h1-6,10,14H,12H2. The first-order valence-electron chi connectivity index (χ1n) is 4.41. The molecule has 1 unspecified atom stereocenters. The van der Waals surface area contributed by atoms with Crippen molar-refractivity contribution in [2.24, 2.45) is 5.84 Å². The molecule has 0 spiro atoms. The van der Waals surface area contributed by atoms with Crippen molar-refractivity contribution in [1.82, 2.24) is 10.4 Å². The van der Waals surface area contributed by atoms with E-state index in [9.17, 15) is 0 Å². The van der Waals surface area contributed by atoms with Gasteiger partial charge in [0.05, 0.1) is 17.2 Å². The highest BCUT2D eigenvalue weighted by molar-refractivity contribution is 7.07. The topological polar surface area (TPSA) is 50.9 Å². The highest BCUT2D eigenvalue weighted by Gasteiger charge is 2.13. The molecule has 1 atom stereocenters. The van der Waals surface area contributed by atoms with E-state index in [1.54, 1.807) is 16.8 Å². The highest BCUT2D eigenvalue weighted by atomic mass is 35.5. The predicted molar refractivity (Wildman–Crippen MR) is 62.7 cm³/mol. The maximum Gasteiger partial charge on any atom is 0.0890 e. The Kier molecular flexibility index (Phi) is 3.33. The van der Waals surface area contributed by atoms with Crippen molar-refractivity contribution in [3.05, 3.63) is 51.4 Å².